The number of aliphatic carboxylic acids is 1. The highest BCUT2D eigenvalue weighted by Crippen LogP contribution is 2.22. The summed E-state index contributed by atoms with van der Waals surface area (Å²) in [5, 5.41) is 8.73. The van der Waals surface area contributed by atoms with Crippen LogP contribution in [0, 0.1) is 5.92 Å². The van der Waals surface area contributed by atoms with E-state index < -0.39 is 22.2 Å². The molecule has 2 N–H and O–H groups in total. The molecule has 0 radical (unpaired) electrons. The Hall–Kier alpha value is -0.660. The topological polar surface area (TPSA) is 86.7 Å². The second-order valence-corrected chi connectivity index (χ2v) is 6.46. The molecule has 1 atom stereocenters. The lowest BCUT2D eigenvalue weighted by atomic mass is 10.2. The van der Waals surface area contributed by atoms with Gasteiger partial charge >= 0.3 is 5.97 Å². The summed E-state index contributed by atoms with van der Waals surface area (Å²) in [6.45, 7) is 4.62. The predicted molar refractivity (Wildman–Crippen MR) is 63.7 cm³/mol. The first kappa shape index (κ1) is 14.4. The van der Waals surface area contributed by atoms with Crippen molar-refractivity contribution in [2.45, 2.75) is 39.2 Å². The van der Waals surface area contributed by atoms with Gasteiger partial charge in [-0.3, -0.25) is 4.79 Å². The smallest absolute Gasteiger partial charge is 0.304 e. The van der Waals surface area contributed by atoms with E-state index in [1.165, 1.54) is 4.31 Å². The largest absolute Gasteiger partial charge is 0.481 e. The van der Waals surface area contributed by atoms with Gasteiger partial charge in [0.05, 0.1) is 6.42 Å². The monoisotopic (exact) mass is 264 g/mol. The average Bonchev–Trinajstić information content (AvgIpc) is 2.62. The van der Waals surface area contributed by atoms with E-state index in [9.17, 15) is 13.2 Å². The summed E-state index contributed by atoms with van der Waals surface area (Å²) in [4.78, 5) is 10.7. The summed E-state index contributed by atoms with van der Waals surface area (Å²) in [7, 11) is -3.53. The van der Waals surface area contributed by atoms with Gasteiger partial charge in [0.2, 0.25) is 0 Å². The van der Waals surface area contributed by atoms with Crippen molar-refractivity contribution in [1.82, 2.24) is 9.03 Å². The zero-order valence-corrected chi connectivity index (χ0v) is 11.0. The van der Waals surface area contributed by atoms with Gasteiger partial charge in [-0.05, 0) is 18.8 Å². The van der Waals surface area contributed by atoms with Crippen LogP contribution >= 0.6 is 0 Å². The Bertz CT molecular complexity index is 367. The summed E-state index contributed by atoms with van der Waals surface area (Å²) < 4.78 is 27.7. The van der Waals surface area contributed by atoms with E-state index in [0.29, 0.717) is 19.5 Å². The number of nitrogens with one attached hydrogen (secondary N) is 1. The first-order chi connectivity index (χ1) is 7.83. The Balaban J connectivity index is 2.66. The van der Waals surface area contributed by atoms with Crippen LogP contribution in [0.15, 0.2) is 0 Å². The van der Waals surface area contributed by atoms with Crippen LogP contribution in [-0.2, 0) is 15.0 Å². The van der Waals surface area contributed by atoms with Gasteiger partial charge in [0, 0.05) is 19.1 Å². The molecule has 1 aliphatic heterocycles. The number of rotatable bonds is 6. The predicted octanol–water partition coefficient (Wildman–Crippen LogP) is 0.416. The first-order valence-corrected chi connectivity index (χ1v) is 7.25. The fraction of sp³-hybridized carbons (Fsp3) is 0.900. The molecule has 1 saturated heterocycles. The van der Waals surface area contributed by atoms with Crippen molar-refractivity contribution in [3.8, 4) is 0 Å². The number of nitrogens with zero attached hydrogens (tertiary/aromatic N) is 1. The first-order valence-electron chi connectivity index (χ1n) is 5.81. The molecule has 0 spiro atoms. The van der Waals surface area contributed by atoms with Gasteiger partial charge in [0.15, 0.2) is 0 Å². The maximum Gasteiger partial charge on any atom is 0.304 e. The van der Waals surface area contributed by atoms with Crippen molar-refractivity contribution in [3.63, 3.8) is 0 Å². The van der Waals surface area contributed by atoms with Crippen LogP contribution in [-0.4, -0.2) is 42.9 Å². The SMILES string of the molecule is CC(C)CNS(=O)(=O)N1CCCC1CC(=O)O. The van der Waals surface area contributed by atoms with Crippen LogP contribution in [0.4, 0.5) is 0 Å². The maximum atomic E-state index is 12.0. The molecule has 0 aromatic carbocycles. The molecule has 17 heavy (non-hydrogen) atoms. The Kier molecular flexibility index (Phi) is 4.91. The lowest BCUT2D eigenvalue weighted by Crippen LogP contribution is -2.45. The van der Waals surface area contributed by atoms with E-state index in [0.717, 1.165) is 6.42 Å². The van der Waals surface area contributed by atoms with Crippen LogP contribution in [0.3, 0.4) is 0 Å². The summed E-state index contributed by atoms with van der Waals surface area (Å²) in [5.74, 6) is -0.730. The van der Waals surface area contributed by atoms with Crippen LogP contribution in [0.5, 0.6) is 0 Å². The van der Waals surface area contributed by atoms with Gasteiger partial charge in [0.25, 0.3) is 10.2 Å². The molecule has 100 valence electrons. The molecule has 0 aromatic rings. The second kappa shape index (κ2) is 5.79. The van der Waals surface area contributed by atoms with Gasteiger partial charge in [0.1, 0.15) is 0 Å². The molecule has 0 saturated carbocycles. The van der Waals surface area contributed by atoms with E-state index in [1.54, 1.807) is 0 Å². The van der Waals surface area contributed by atoms with Crippen molar-refractivity contribution in [3.05, 3.63) is 0 Å². The van der Waals surface area contributed by atoms with Crippen LogP contribution in [0.25, 0.3) is 0 Å². The molecule has 1 rings (SSSR count). The molecule has 6 nitrogen and oxygen atoms in total. The highest BCUT2D eigenvalue weighted by Gasteiger charge is 2.35. The zero-order chi connectivity index (χ0) is 13.1. The quantitative estimate of drug-likeness (QED) is 0.727. The highest BCUT2D eigenvalue weighted by molar-refractivity contribution is 7.87. The molecular weight excluding hydrogens is 244 g/mol. The van der Waals surface area contributed by atoms with Gasteiger partial charge in [-0.15, -0.1) is 0 Å². The number of hydrogen-bond acceptors (Lipinski definition) is 3. The number of hydrogen-bond donors (Lipinski definition) is 2. The molecule has 1 heterocycles. The minimum Gasteiger partial charge on any atom is -0.481 e. The Morgan fingerprint density at radius 1 is 1.53 bits per heavy atom. The van der Waals surface area contributed by atoms with E-state index in [1.807, 2.05) is 13.8 Å². The van der Waals surface area contributed by atoms with Crippen molar-refractivity contribution in [2.24, 2.45) is 5.92 Å². The van der Waals surface area contributed by atoms with Crippen molar-refractivity contribution < 1.29 is 18.3 Å². The number of carbonyl (C=O) groups is 1. The van der Waals surface area contributed by atoms with Gasteiger partial charge < -0.3 is 5.11 Å². The van der Waals surface area contributed by atoms with Crippen LogP contribution in [0.2, 0.25) is 0 Å². The van der Waals surface area contributed by atoms with Crippen molar-refractivity contribution in [2.75, 3.05) is 13.1 Å². The van der Waals surface area contributed by atoms with Crippen LogP contribution in [0.1, 0.15) is 33.1 Å². The highest BCUT2D eigenvalue weighted by atomic mass is 32.2. The van der Waals surface area contributed by atoms with Crippen LogP contribution < -0.4 is 4.72 Å². The summed E-state index contributed by atoms with van der Waals surface area (Å²) >= 11 is 0. The minimum atomic E-state index is -3.53. The van der Waals surface area contributed by atoms with Crippen molar-refractivity contribution >= 4 is 16.2 Å². The zero-order valence-electron chi connectivity index (χ0n) is 10.2. The fourth-order valence-corrected chi connectivity index (χ4v) is 3.54. The van der Waals surface area contributed by atoms with E-state index in [4.69, 9.17) is 5.11 Å². The molecule has 1 unspecified atom stereocenters. The molecule has 0 aromatic heterocycles. The third-order valence-corrected chi connectivity index (χ3v) is 4.35. The summed E-state index contributed by atoms with van der Waals surface area (Å²) in [6.07, 6.45) is 1.22. The summed E-state index contributed by atoms with van der Waals surface area (Å²) in [6, 6.07) is -0.405. The lowest BCUT2D eigenvalue weighted by Gasteiger charge is -2.23. The van der Waals surface area contributed by atoms with Crippen molar-refractivity contribution in [1.29, 1.82) is 0 Å². The molecule has 7 heteroatoms. The molecular formula is C10H20N2O4S. The standard InChI is InChI=1S/C10H20N2O4S/c1-8(2)7-11-17(15,16)12-5-3-4-9(12)6-10(13)14/h8-9,11H,3-7H2,1-2H3,(H,13,14). The Labute approximate surface area is 102 Å². The molecule has 1 fully saturated rings. The number of carboxylic acid groups (broad SMARTS) is 1. The normalized spacial score (nSPS) is 22.2. The maximum absolute atomic E-state index is 12.0. The van der Waals surface area contributed by atoms with Gasteiger partial charge in [-0.2, -0.15) is 12.7 Å². The second-order valence-electron chi connectivity index (χ2n) is 4.75. The Morgan fingerprint density at radius 3 is 2.71 bits per heavy atom. The van der Waals surface area contributed by atoms with E-state index in [2.05, 4.69) is 4.72 Å². The third kappa shape index (κ3) is 4.25. The fourth-order valence-electron chi connectivity index (χ4n) is 1.89. The number of carboxylic acids is 1. The van der Waals surface area contributed by atoms with E-state index in [-0.39, 0.29) is 12.3 Å². The molecule has 0 aliphatic carbocycles. The van der Waals surface area contributed by atoms with E-state index >= 15 is 0 Å². The molecule has 0 amide bonds. The Morgan fingerprint density at radius 2 is 2.18 bits per heavy atom. The van der Waals surface area contributed by atoms with Gasteiger partial charge in [-0.1, -0.05) is 13.8 Å². The molecule has 0 bridgehead atoms. The summed E-state index contributed by atoms with van der Waals surface area (Å²) in [5.41, 5.74) is 0. The minimum absolute atomic E-state index is 0.122. The lowest BCUT2D eigenvalue weighted by molar-refractivity contribution is -0.137. The third-order valence-electron chi connectivity index (χ3n) is 2.72. The molecule has 1 aliphatic rings. The average molecular weight is 264 g/mol. The van der Waals surface area contributed by atoms with Gasteiger partial charge in [-0.25, -0.2) is 4.72 Å².